The van der Waals surface area contributed by atoms with Crippen LogP contribution < -0.4 is 10.5 Å². The van der Waals surface area contributed by atoms with Crippen LogP contribution in [0.2, 0.25) is 0 Å². The van der Waals surface area contributed by atoms with Crippen LogP contribution in [0.5, 0.6) is 5.75 Å². The number of benzene rings is 1. The van der Waals surface area contributed by atoms with Gasteiger partial charge in [0.1, 0.15) is 41.3 Å². The summed E-state index contributed by atoms with van der Waals surface area (Å²) in [7, 11) is 1.26. The van der Waals surface area contributed by atoms with Crippen molar-refractivity contribution < 1.29 is 23.4 Å². The van der Waals surface area contributed by atoms with Crippen molar-refractivity contribution in [2.45, 2.75) is 19.4 Å². The Balaban J connectivity index is 1.89. The summed E-state index contributed by atoms with van der Waals surface area (Å²) in [6.07, 6.45) is 0. The maximum Gasteiger partial charge on any atom is 0.338 e. The van der Waals surface area contributed by atoms with Crippen LogP contribution in [0.3, 0.4) is 0 Å². The third kappa shape index (κ3) is 3.89. The van der Waals surface area contributed by atoms with Gasteiger partial charge in [0.2, 0.25) is 5.88 Å². The molecule has 0 radical (unpaired) electrons. The number of carbonyl (C=O) groups excluding carboxylic acids is 1. The van der Waals surface area contributed by atoms with Gasteiger partial charge in [-0.15, -0.1) is 0 Å². The maximum absolute atomic E-state index is 12.3. The number of hydrogen-bond acceptors (Lipinski definition) is 7. The molecular weight excluding hydrogens is 428 g/mol. The molecule has 1 aromatic heterocycles. The van der Waals surface area contributed by atoms with Crippen molar-refractivity contribution in [1.82, 2.24) is 0 Å². The van der Waals surface area contributed by atoms with E-state index < -0.39 is 11.9 Å². The molecule has 0 fully saturated rings. The van der Waals surface area contributed by atoms with Crippen LogP contribution in [0, 0.1) is 11.3 Å². The number of allylic oxidation sites excluding steroid dienone is 2. The molecule has 0 bridgehead atoms. The third-order valence-electron chi connectivity index (χ3n) is 4.16. The van der Waals surface area contributed by atoms with Gasteiger partial charge in [0.05, 0.1) is 18.6 Å². The van der Waals surface area contributed by atoms with Crippen LogP contribution in [-0.4, -0.2) is 13.1 Å². The number of furan rings is 1. The molecule has 1 unspecified atom stereocenters. The lowest BCUT2D eigenvalue weighted by atomic mass is 9.87. The Morgan fingerprint density at radius 3 is 2.82 bits per heavy atom. The molecule has 0 spiro atoms. The van der Waals surface area contributed by atoms with Gasteiger partial charge in [-0.3, -0.25) is 0 Å². The first-order chi connectivity index (χ1) is 13.4. The average Bonchev–Trinajstić information content (AvgIpc) is 3.14. The summed E-state index contributed by atoms with van der Waals surface area (Å²) < 4.78 is 22.6. The molecule has 2 aromatic rings. The molecule has 1 aromatic carbocycles. The first-order valence-corrected chi connectivity index (χ1v) is 9.07. The molecule has 8 heteroatoms. The van der Waals surface area contributed by atoms with Crippen LogP contribution >= 0.6 is 15.9 Å². The smallest absolute Gasteiger partial charge is 0.338 e. The molecule has 2 N–H and O–H groups in total. The second-order valence-electron chi connectivity index (χ2n) is 5.94. The lowest BCUT2D eigenvalue weighted by Gasteiger charge is -2.24. The lowest BCUT2D eigenvalue weighted by Crippen LogP contribution is -2.24. The highest BCUT2D eigenvalue weighted by molar-refractivity contribution is 9.10. The Hall–Kier alpha value is -3.18. The minimum atomic E-state index is -0.814. The number of carbonyl (C=O) groups is 1. The Kier molecular flexibility index (Phi) is 5.76. The van der Waals surface area contributed by atoms with Crippen molar-refractivity contribution in [1.29, 1.82) is 5.26 Å². The highest BCUT2D eigenvalue weighted by Gasteiger charge is 2.38. The van der Waals surface area contributed by atoms with E-state index in [2.05, 4.69) is 15.9 Å². The second-order valence-corrected chi connectivity index (χ2v) is 6.85. The van der Waals surface area contributed by atoms with E-state index in [1.807, 2.05) is 30.3 Å². The van der Waals surface area contributed by atoms with Crippen molar-refractivity contribution in [3.8, 4) is 11.8 Å². The highest BCUT2D eigenvalue weighted by atomic mass is 79.9. The minimum Gasteiger partial charge on any atom is -0.486 e. The number of methoxy groups -OCH3 is 1. The van der Waals surface area contributed by atoms with E-state index in [0.717, 1.165) is 4.47 Å². The topological polar surface area (TPSA) is 108 Å². The van der Waals surface area contributed by atoms with Gasteiger partial charge >= 0.3 is 5.97 Å². The maximum atomic E-state index is 12.3. The summed E-state index contributed by atoms with van der Waals surface area (Å²) in [6, 6.07) is 12.8. The average molecular weight is 445 g/mol. The number of ether oxygens (including phenoxy) is 3. The van der Waals surface area contributed by atoms with Crippen LogP contribution in [-0.2, 0) is 20.9 Å². The predicted molar refractivity (Wildman–Crippen MR) is 103 cm³/mol. The second kappa shape index (κ2) is 8.23. The molecule has 0 aliphatic carbocycles. The molecule has 3 rings (SSSR count). The summed E-state index contributed by atoms with van der Waals surface area (Å²) in [4.78, 5) is 12.3. The van der Waals surface area contributed by atoms with Gasteiger partial charge in [0.25, 0.3) is 0 Å². The number of nitrogens with two attached hydrogens (primary N) is 1. The van der Waals surface area contributed by atoms with Gasteiger partial charge in [0, 0.05) is 4.47 Å². The Morgan fingerprint density at radius 1 is 1.36 bits per heavy atom. The summed E-state index contributed by atoms with van der Waals surface area (Å²) in [5.74, 6) is 0.329. The summed E-state index contributed by atoms with van der Waals surface area (Å²) in [5.41, 5.74) is 6.10. The highest BCUT2D eigenvalue weighted by Crippen LogP contribution is 2.40. The van der Waals surface area contributed by atoms with Gasteiger partial charge in [0.15, 0.2) is 0 Å². The van der Waals surface area contributed by atoms with Crippen LogP contribution in [0.15, 0.2) is 68.1 Å². The van der Waals surface area contributed by atoms with Gasteiger partial charge in [-0.25, -0.2) is 4.79 Å². The van der Waals surface area contributed by atoms with Crippen molar-refractivity contribution in [3.63, 3.8) is 0 Å². The fourth-order valence-electron chi connectivity index (χ4n) is 2.88. The molecular formula is C20H17BrN2O5. The molecule has 1 atom stereocenters. The monoisotopic (exact) mass is 444 g/mol. The summed E-state index contributed by atoms with van der Waals surface area (Å²) in [5, 5.41) is 9.52. The van der Waals surface area contributed by atoms with E-state index in [9.17, 15) is 10.1 Å². The van der Waals surface area contributed by atoms with E-state index in [1.165, 1.54) is 7.11 Å². The normalized spacial score (nSPS) is 16.4. The predicted octanol–water partition coefficient (Wildman–Crippen LogP) is 3.88. The largest absolute Gasteiger partial charge is 0.486 e. The van der Waals surface area contributed by atoms with Crippen molar-refractivity contribution in [2.75, 3.05) is 7.11 Å². The van der Waals surface area contributed by atoms with Gasteiger partial charge < -0.3 is 24.4 Å². The van der Waals surface area contributed by atoms with E-state index in [0.29, 0.717) is 17.3 Å². The van der Waals surface area contributed by atoms with E-state index >= 15 is 0 Å². The van der Waals surface area contributed by atoms with Crippen LogP contribution in [0.1, 0.15) is 24.4 Å². The molecule has 1 aliphatic heterocycles. The zero-order valence-electron chi connectivity index (χ0n) is 15.2. The van der Waals surface area contributed by atoms with Gasteiger partial charge in [-0.1, -0.05) is 22.0 Å². The number of hydrogen-bond donors (Lipinski definition) is 1. The SMILES string of the molecule is COC(=O)C1=C(C)OC(N)=C(C#N)C1c1ccc(COc2cccc(Br)c2)o1. The summed E-state index contributed by atoms with van der Waals surface area (Å²) in [6.45, 7) is 1.76. The number of esters is 1. The molecule has 28 heavy (non-hydrogen) atoms. The van der Waals surface area contributed by atoms with E-state index in [1.54, 1.807) is 19.1 Å². The number of rotatable bonds is 5. The van der Waals surface area contributed by atoms with Crippen molar-refractivity contribution in [2.24, 2.45) is 5.73 Å². The number of nitriles is 1. The van der Waals surface area contributed by atoms with Gasteiger partial charge in [-0.2, -0.15) is 5.26 Å². The molecule has 144 valence electrons. The molecule has 1 aliphatic rings. The zero-order valence-corrected chi connectivity index (χ0v) is 16.8. The van der Waals surface area contributed by atoms with E-state index in [4.69, 9.17) is 24.4 Å². The fraction of sp³-hybridized carbons (Fsp3) is 0.200. The van der Waals surface area contributed by atoms with Crippen LogP contribution in [0.4, 0.5) is 0 Å². The molecule has 0 saturated heterocycles. The van der Waals surface area contributed by atoms with E-state index in [-0.39, 0.29) is 29.4 Å². The molecule has 7 nitrogen and oxygen atoms in total. The third-order valence-corrected chi connectivity index (χ3v) is 4.65. The Labute approximate surface area is 170 Å². The minimum absolute atomic E-state index is 0.0685. The number of halogens is 1. The van der Waals surface area contributed by atoms with Crippen molar-refractivity contribution in [3.05, 3.63) is 75.2 Å². The summed E-state index contributed by atoms with van der Waals surface area (Å²) >= 11 is 3.39. The van der Waals surface area contributed by atoms with Gasteiger partial charge in [-0.05, 0) is 37.3 Å². The Morgan fingerprint density at radius 2 is 2.14 bits per heavy atom. The zero-order chi connectivity index (χ0) is 20.3. The quantitative estimate of drug-likeness (QED) is 0.696. The first kappa shape index (κ1) is 19.6. The fourth-order valence-corrected chi connectivity index (χ4v) is 3.26. The van der Waals surface area contributed by atoms with Crippen LogP contribution in [0.25, 0.3) is 0 Å². The standard InChI is InChI=1S/C20H17BrN2O5/c1-11-17(20(24)25-2)18(15(9-22)19(23)27-11)16-7-6-14(28-16)10-26-13-5-3-4-12(21)8-13/h3-8,18H,10,23H2,1-2H3. The molecule has 2 heterocycles. The number of nitrogens with zero attached hydrogens (tertiary/aromatic N) is 1. The molecule has 0 saturated carbocycles. The lowest BCUT2D eigenvalue weighted by molar-refractivity contribution is -0.136. The molecule has 0 amide bonds. The Bertz CT molecular complexity index is 1020. The van der Waals surface area contributed by atoms with Crippen molar-refractivity contribution >= 4 is 21.9 Å². The first-order valence-electron chi connectivity index (χ1n) is 8.28.